The summed E-state index contributed by atoms with van der Waals surface area (Å²) in [5.41, 5.74) is 1.05. The highest BCUT2D eigenvalue weighted by Gasteiger charge is 2.20. The van der Waals surface area contributed by atoms with Crippen molar-refractivity contribution in [2.75, 3.05) is 20.0 Å². The predicted octanol–water partition coefficient (Wildman–Crippen LogP) is 2.12. The fourth-order valence-corrected chi connectivity index (χ4v) is 1.94. The minimum absolute atomic E-state index is 0.0309. The number of aliphatic hydroxyl groups is 1. The van der Waals surface area contributed by atoms with Crippen LogP contribution in [0, 0.1) is 5.92 Å². The summed E-state index contributed by atoms with van der Waals surface area (Å²) >= 11 is 0. The first-order valence-electron chi connectivity index (χ1n) is 5.84. The van der Waals surface area contributed by atoms with Gasteiger partial charge in [0.15, 0.2) is 11.5 Å². The molecule has 0 aliphatic carbocycles. The summed E-state index contributed by atoms with van der Waals surface area (Å²) in [7, 11) is 0. The highest BCUT2D eigenvalue weighted by atomic mass is 16.7. The lowest BCUT2D eigenvalue weighted by Gasteiger charge is -2.21. The summed E-state index contributed by atoms with van der Waals surface area (Å²) in [5.74, 6) is 1.88. The maximum absolute atomic E-state index is 8.83. The normalized spacial score (nSPS) is 15.3. The molecule has 0 aromatic heterocycles. The van der Waals surface area contributed by atoms with Crippen LogP contribution in [-0.2, 0) is 4.74 Å². The number of hydrogen-bond donors (Lipinski definition) is 1. The standard InChI is InChI=1S/C13H18O4/c1-9(2)13(15-6-5-14)10-3-4-11-12(7-10)17-8-16-11/h3-4,7,9,13-14H,5-6,8H2,1-2H3. The maximum atomic E-state index is 8.83. The molecule has 4 nitrogen and oxygen atoms in total. The van der Waals surface area contributed by atoms with Crippen LogP contribution in [-0.4, -0.2) is 25.1 Å². The zero-order chi connectivity index (χ0) is 12.3. The summed E-state index contributed by atoms with van der Waals surface area (Å²) in [6.07, 6.45) is -0.0309. The summed E-state index contributed by atoms with van der Waals surface area (Å²) in [5, 5.41) is 8.83. The zero-order valence-electron chi connectivity index (χ0n) is 10.2. The van der Waals surface area contributed by atoms with Crippen molar-refractivity contribution < 1.29 is 19.3 Å². The maximum Gasteiger partial charge on any atom is 0.231 e. The Morgan fingerprint density at radius 1 is 1.29 bits per heavy atom. The van der Waals surface area contributed by atoms with Gasteiger partial charge in [-0.15, -0.1) is 0 Å². The van der Waals surface area contributed by atoms with E-state index in [1.54, 1.807) is 0 Å². The number of ether oxygens (including phenoxy) is 3. The van der Waals surface area contributed by atoms with Gasteiger partial charge in [0.25, 0.3) is 0 Å². The van der Waals surface area contributed by atoms with Crippen molar-refractivity contribution >= 4 is 0 Å². The largest absolute Gasteiger partial charge is 0.454 e. The van der Waals surface area contributed by atoms with E-state index in [0.717, 1.165) is 17.1 Å². The zero-order valence-corrected chi connectivity index (χ0v) is 10.2. The van der Waals surface area contributed by atoms with Gasteiger partial charge < -0.3 is 19.3 Å². The molecule has 2 rings (SSSR count). The number of rotatable bonds is 5. The Labute approximate surface area is 101 Å². The molecule has 1 aliphatic rings. The molecular formula is C13H18O4. The van der Waals surface area contributed by atoms with Gasteiger partial charge in [0.2, 0.25) is 6.79 Å². The monoisotopic (exact) mass is 238 g/mol. The molecule has 0 saturated carbocycles. The van der Waals surface area contributed by atoms with E-state index in [4.69, 9.17) is 19.3 Å². The van der Waals surface area contributed by atoms with Gasteiger partial charge in [-0.1, -0.05) is 19.9 Å². The van der Waals surface area contributed by atoms with E-state index >= 15 is 0 Å². The molecule has 0 bridgehead atoms. The second-order valence-corrected chi connectivity index (χ2v) is 4.37. The van der Waals surface area contributed by atoms with Gasteiger partial charge in [0, 0.05) is 0 Å². The molecule has 0 amide bonds. The first kappa shape index (κ1) is 12.2. The summed E-state index contributed by atoms with van der Waals surface area (Å²) in [6.45, 7) is 4.84. The molecule has 0 spiro atoms. The molecule has 1 aromatic carbocycles. The number of hydrogen-bond acceptors (Lipinski definition) is 4. The van der Waals surface area contributed by atoms with Gasteiger partial charge in [0.1, 0.15) is 0 Å². The van der Waals surface area contributed by atoms with Crippen LogP contribution in [0.15, 0.2) is 18.2 Å². The predicted molar refractivity (Wildman–Crippen MR) is 63.2 cm³/mol. The molecular weight excluding hydrogens is 220 g/mol. The van der Waals surface area contributed by atoms with Crippen molar-refractivity contribution in [2.24, 2.45) is 5.92 Å². The number of benzene rings is 1. The SMILES string of the molecule is CC(C)C(OCCO)c1ccc2c(c1)OCO2. The van der Waals surface area contributed by atoms with Crippen LogP contribution >= 0.6 is 0 Å². The summed E-state index contributed by atoms with van der Waals surface area (Å²) in [6, 6.07) is 5.83. The second kappa shape index (κ2) is 5.38. The lowest BCUT2D eigenvalue weighted by molar-refractivity contribution is 0.00159. The summed E-state index contributed by atoms with van der Waals surface area (Å²) in [4.78, 5) is 0. The first-order valence-corrected chi connectivity index (χ1v) is 5.84. The van der Waals surface area contributed by atoms with Crippen LogP contribution in [0.5, 0.6) is 11.5 Å². The lowest BCUT2D eigenvalue weighted by Crippen LogP contribution is -2.13. The van der Waals surface area contributed by atoms with Gasteiger partial charge in [-0.25, -0.2) is 0 Å². The van der Waals surface area contributed by atoms with Gasteiger partial charge in [-0.3, -0.25) is 0 Å². The molecule has 0 saturated heterocycles. The van der Waals surface area contributed by atoms with Crippen molar-refractivity contribution in [1.82, 2.24) is 0 Å². The third kappa shape index (κ3) is 2.70. The molecule has 1 aromatic rings. The Morgan fingerprint density at radius 2 is 2.06 bits per heavy atom. The van der Waals surface area contributed by atoms with Crippen LogP contribution in [0.3, 0.4) is 0 Å². The fraction of sp³-hybridized carbons (Fsp3) is 0.538. The Morgan fingerprint density at radius 3 is 2.76 bits per heavy atom. The van der Waals surface area contributed by atoms with Crippen molar-refractivity contribution in [3.63, 3.8) is 0 Å². The second-order valence-electron chi connectivity index (χ2n) is 4.37. The van der Waals surface area contributed by atoms with Gasteiger partial charge >= 0.3 is 0 Å². The Hall–Kier alpha value is -1.26. The van der Waals surface area contributed by atoms with E-state index in [1.807, 2.05) is 18.2 Å². The molecule has 1 heterocycles. The number of aliphatic hydroxyl groups excluding tert-OH is 1. The number of fused-ring (bicyclic) bond motifs is 1. The van der Waals surface area contributed by atoms with Crippen LogP contribution in [0.25, 0.3) is 0 Å². The van der Waals surface area contributed by atoms with E-state index in [9.17, 15) is 0 Å². The van der Waals surface area contributed by atoms with Gasteiger partial charge in [-0.05, 0) is 23.6 Å². The molecule has 1 N–H and O–H groups in total. The van der Waals surface area contributed by atoms with Crippen molar-refractivity contribution in [2.45, 2.75) is 20.0 Å². The molecule has 94 valence electrons. The van der Waals surface area contributed by atoms with E-state index in [0.29, 0.717) is 12.5 Å². The third-order valence-electron chi connectivity index (χ3n) is 2.72. The van der Waals surface area contributed by atoms with Gasteiger partial charge in [0.05, 0.1) is 19.3 Å². The fourth-order valence-electron chi connectivity index (χ4n) is 1.94. The molecule has 0 radical (unpaired) electrons. The average molecular weight is 238 g/mol. The molecule has 1 atom stereocenters. The van der Waals surface area contributed by atoms with E-state index < -0.39 is 0 Å². The van der Waals surface area contributed by atoms with Gasteiger partial charge in [-0.2, -0.15) is 0 Å². The van der Waals surface area contributed by atoms with Crippen molar-refractivity contribution in [3.05, 3.63) is 23.8 Å². The van der Waals surface area contributed by atoms with E-state index in [2.05, 4.69) is 13.8 Å². The van der Waals surface area contributed by atoms with E-state index in [1.165, 1.54) is 0 Å². The Kier molecular flexibility index (Phi) is 3.86. The molecule has 1 aliphatic heterocycles. The van der Waals surface area contributed by atoms with Crippen LogP contribution in [0.2, 0.25) is 0 Å². The van der Waals surface area contributed by atoms with E-state index in [-0.39, 0.29) is 19.5 Å². The Bertz CT molecular complexity index is 376. The lowest BCUT2D eigenvalue weighted by atomic mass is 9.98. The molecule has 1 unspecified atom stereocenters. The van der Waals surface area contributed by atoms with Crippen LogP contribution in [0.4, 0.5) is 0 Å². The minimum atomic E-state index is -0.0309. The smallest absolute Gasteiger partial charge is 0.231 e. The Balaban J connectivity index is 2.17. The summed E-state index contributed by atoms with van der Waals surface area (Å²) < 4.78 is 16.3. The quantitative estimate of drug-likeness (QED) is 0.853. The third-order valence-corrected chi connectivity index (χ3v) is 2.72. The van der Waals surface area contributed by atoms with Crippen molar-refractivity contribution in [1.29, 1.82) is 0 Å². The van der Waals surface area contributed by atoms with Crippen LogP contribution < -0.4 is 9.47 Å². The average Bonchev–Trinajstić information content (AvgIpc) is 2.76. The molecule has 4 heteroatoms. The molecule has 17 heavy (non-hydrogen) atoms. The minimum Gasteiger partial charge on any atom is -0.454 e. The first-order chi connectivity index (χ1) is 8.22. The van der Waals surface area contributed by atoms with Crippen molar-refractivity contribution in [3.8, 4) is 11.5 Å². The topological polar surface area (TPSA) is 47.9 Å². The highest BCUT2D eigenvalue weighted by Crippen LogP contribution is 2.36. The molecule has 0 fully saturated rings. The highest BCUT2D eigenvalue weighted by molar-refractivity contribution is 5.45. The van der Waals surface area contributed by atoms with Crippen LogP contribution in [0.1, 0.15) is 25.5 Å².